The van der Waals surface area contributed by atoms with Gasteiger partial charge in [0.05, 0.1) is 11.5 Å². The summed E-state index contributed by atoms with van der Waals surface area (Å²) in [6, 6.07) is 8.65. The minimum Gasteiger partial charge on any atom is -0.481 e. The second kappa shape index (κ2) is 9.65. The van der Waals surface area contributed by atoms with Crippen LogP contribution in [0.25, 0.3) is 6.08 Å². The molecule has 0 aromatic heterocycles. The predicted molar refractivity (Wildman–Crippen MR) is 172 cm³/mol. The topological polar surface area (TPSA) is 74.6 Å². The van der Waals surface area contributed by atoms with Crippen LogP contribution in [0.2, 0.25) is 0 Å². The van der Waals surface area contributed by atoms with E-state index in [0.717, 1.165) is 56.1 Å². The summed E-state index contributed by atoms with van der Waals surface area (Å²) >= 11 is 0. The van der Waals surface area contributed by atoms with Crippen LogP contribution in [0.5, 0.6) is 0 Å². The van der Waals surface area contributed by atoms with Crippen LogP contribution in [0.15, 0.2) is 41.5 Å². The highest BCUT2D eigenvalue weighted by molar-refractivity contribution is 5.96. The third kappa shape index (κ3) is 4.17. The number of hydrogen-bond donors (Lipinski definition) is 2. The van der Waals surface area contributed by atoms with Gasteiger partial charge in [-0.1, -0.05) is 84.4 Å². The van der Waals surface area contributed by atoms with Crippen molar-refractivity contribution >= 4 is 17.8 Å². The van der Waals surface area contributed by atoms with Crippen molar-refractivity contribution in [2.45, 2.75) is 119 Å². The third-order valence-corrected chi connectivity index (χ3v) is 14.6. The lowest BCUT2D eigenvalue weighted by Crippen LogP contribution is -2.67. The molecule has 4 heteroatoms. The standard InChI is InChI=1S/C39H54O4/c1-9-24-10-12-25(13-11-24)20-26-22-37(6)30(34(2,3)32(26)41)14-15-39(8)31(37)29(40)21-27-28-23-36(5,33(42)43)17-16-35(28,4)18-19-38(27,39)7/h10-13,20-21,28,30-32,41H,9,14-19,22-23H2,1-8H3,(H,42,43)/b26-20+/t28-,30-,31+,32-,35+,36-,37-,38+,39+/m0/s1. The molecule has 1 aromatic carbocycles. The first-order valence-electron chi connectivity index (χ1n) is 16.9. The zero-order valence-electron chi connectivity index (χ0n) is 27.8. The molecule has 0 saturated heterocycles. The Hall–Kier alpha value is -2.20. The molecule has 1 aromatic rings. The Kier molecular flexibility index (Phi) is 6.91. The summed E-state index contributed by atoms with van der Waals surface area (Å²) in [5.41, 5.74) is 3.00. The van der Waals surface area contributed by atoms with Crippen molar-refractivity contribution in [1.82, 2.24) is 0 Å². The fourth-order valence-electron chi connectivity index (χ4n) is 11.6. The molecule has 4 nitrogen and oxygen atoms in total. The van der Waals surface area contributed by atoms with E-state index in [0.29, 0.717) is 12.8 Å². The summed E-state index contributed by atoms with van der Waals surface area (Å²) in [5.74, 6) is -0.237. The Labute approximate surface area is 259 Å². The molecule has 0 radical (unpaired) electrons. The van der Waals surface area contributed by atoms with Crippen molar-refractivity contribution in [3.63, 3.8) is 0 Å². The molecular weight excluding hydrogens is 532 g/mol. The monoisotopic (exact) mass is 586 g/mol. The van der Waals surface area contributed by atoms with E-state index in [-0.39, 0.29) is 50.6 Å². The van der Waals surface area contributed by atoms with Crippen molar-refractivity contribution in [3.8, 4) is 0 Å². The minimum absolute atomic E-state index is 0.0467. The number of aliphatic hydroxyl groups excluding tert-OH is 1. The van der Waals surface area contributed by atoms with Crippen LogP contribution in [0.1, 0.15) is 118 Å². The molecule has 4 fully saturated rings. The van der Waals surface area contributed by atoms with Crippen molar-refractivity contribution in [2.75, 3.05) is 0 Å². The fourth-order valence-corrected chi connectivity index (χ4v) is 11.6. The van der Waals surface area contributed by atoms with Crippen LogP contribution in [0, 0.1) is 50.2 Å². The molecule has 6 rings (SSSR count). The maximum absolute atomic E-state index is 14.7. The van der Waals surface area contributed by atoms with Crippen molar-refractivity contribution in [3.05, 3.63) is 52.6 Å². The highest BCUT2D eigenvalue weighted by atomic mass is 16.4. The van der Waals surface area contributed by atoms with Gasteiger partial charge in [-0.3, -0.25) is 9.59 Å². The van der Waals surface area contributed by atoms with Gasteiger partial charge in [0.1, 0.15) is 0 Å². The average molecular weight is 587 g/mol. The molecule has 0 heterocycles. The summed E-state index contributed by atoms with van der Waals surface area (Å²) in [7, 11) is 0. The Bertz CT molecular complexity index is 1400. The van der Waals surface area contributed by atoms with Crippen LogP contribution < -0.4 is 0 Å². The molecule has 5 aliphatic rings. The van der Waals surface area contributed by atoms with Gasteiger partial charge in [-0.25, -0.2) is 0 Å². The molecule has 234 valence electrons. The minimum atomic E-state index is -0.744. The Morgan fingerprint density at radius 2 is 1.60 bits per heavy atom. The number of benzene rings is 1. The molecule has 0 aliphatic heterocycles. The van der Waals surface area contributed by atoms with Gasteiger partial charge in [-0.15, -0.1) is 0 Å². The molecule has 0 unspecified atom stereocenters. The number of hydrogen-bond acceptors (Lipinski definition) is 3. The number of aryl methyl sites for hydroxylation is 1. The van der Waals surface area contributed by atoms with Gasteiger partial charge in [-0.2, -0.15) is 0 Å². The van der Waals surface area contributed by atoms with Crippen molar-refractivity contribution in [1.29, 1.82) is 0 Å². The highest BCUT2D eigenvalue weighted by Crippen LogP contribution is 2.75. The predicted octanol–water partition coefficient (Wildman–Crippen LogP) is 8.67. The number of fused-ring (bicyclic) bond motifs is 7. The summed E-state index contributed by atoms with van der Waals surface area (Å²) in [6.45, 7) is 18.0. The normalized spacial score (nSPS) is 46.2. The van der Waals surface area contributed by atoms with Crippen LogP contribution in [-0.2, 0) is 16.0 Å². The molecule has 0 amide bonds. The maximum Gasteiger partial charge on any atom is 0.309 e. The summed E-state index contributed by atoms with van der Waals surface area (Å²) in [4.78, 5) is 27.1. The average Bonchev–Trinajstić information content (AvgIpc) is 2.94. The zero-order valence-corrected chi connectivity index (χ0v) is 27.8. The second-order valence-electron chi connectivity index (χ2n) is 17.3. The van der Waals surface area contributed by atoms with Crippen LogP contribution in [0.3, 0.4) is 0 Å². The lowest BCUT2D eigenvalue weighted by atomic mass is 9.33. The van der Waals surface area contributed by atoms with Gasteiger partial charge in [0.2, 0.25) is 0 Å². The SMILES string of the molecule is CCc1ccc(/C=C2\C[C@]3(C)[C@H]4C(=O)C=C5[C@@H]6C[C@@](C)(C(=O)O)CC[C@]6(C)CC[C@@]5(C)[C@]4(C)CC[C@H]3C(C)(C)[C@H]2O)cc1. The van der Waals surface area contributed by atoms with E-state index in [4.69, 9.17) is 0 Å². The molecule has 0 spiro atoms. The van der Waals surface area contributed by atoms with Gasteiger partial charge in [0.25, 0.3) is 0 Å². The summed E-state index contributed by atoms with van der Waals surface area (Å²) < 4.78 is 0. The van der Waals surface area contributed by atoms with Gasteiger partial charge < -0.3 is 10.2 Å². The second-order valence-corrected chi connectivity index (χ2v) is 17.3. The molecular formula is C39H54O4. The van der Waals surface area contributed by atoms with Crippen LogP contribution >= 0.6 is 0 Å². The van der Waals surface area contributed by atoms with Crippen LogP contribution in [-0.4, -0.2) is 28.1 Å². The van der Waals surface area contributed by atoms with Gasteiger partial charge >= 0.3 is 5.97 Å². The largest absolute Gasteiger partial charge is 0.481 e. The number of carbonyl (C=O) groups excluding carboxylic acids is 1. The molecule has 0 bridgehead atoms. The maximum atomic E-state index is 14.7. The van der Waals surface area contributed by atoms with E-state index in [1.54, 1.807) is 0 Å². The molecule has 4 saturated carbocycles. The van der Waals surface area contributed by atoms with Gasteiger partial charge in [0, 0.05) is 5.92 Å². The number of aliphatic carboxylic acids is 1. The van der Waals surface area contributed by atoms with Crippen molar-refractivity contribution < 1.29 is 19.8 Å². The first-order chi connectivity index (χ1) is 19.9. The quantitative estimate of drug-likeness (QED) is 0.372. The first kappa shape index (κ1) is 30.8. The first-order valence-corrected chi connectivity index (χ1v) is 16.9. The Balaban J connectivity index is 1.45. The van der Waals surface area contributed by atoms with Gasteiger partial charge in [-0.05, 0) is 126 Å². The van der Waals surface area contributed by atoms with Gasteiger partial charge in [0.15, 0.2) is 5.78 Å². The molecule has 5 aliphatic carbocycles. The summed E-state index contributed by atoms with van der Waals surface area (Å²) in [6.07, 6.45) is 11.7. The van der Waals surface area contributed by atoms with Crippen molar-refractivity contribution in [2.24, 2.45) is 50.2 Å². The number of rotatable bonds is 3. The fraction of sp³-hybridized carbons (Fsp3) is 0.692. The number of carbonyl (C=O) groups is 2. The lowest BCUT2D eigenvalue weighted by Gasteiger charge is -2.70. The lowest BCUT2D eigenvalue weighted by molar-refractivity contribution is -0.191. The number of carboxylic acid groups (broad SMARTS) is 1. The van der Waals surface area contributed by atoms with E-state index in [1.807, 2.05) is 13.0 Å². The van der Waals surface area contributed by atoms with E-state index in [1.165, 1.54) is 11.1 Å². The highest BCUT2D eigenvalue weighted by Gasteiger charge is 2.70. The van der Waals surface area contributed by atoms with E-state index in [2.05, 4.69) is 78.8 Å². The molecule has 43 heavy (non-hydrogen) atoms. The number of allylic oxidation sites excluding steroid dienone is 2. The molecule has 9 atom stereocenters. The summed E-state index contributed by atoms with van der Waals surface area (Å²) in [5, 5.41) is 22.0. The van der Waals surface area contributed by atoms with E-state index in [9.17, 15) is 19.8 Å². The Morgan fingerprint density at radius 1 is 0.953 bits per heavy atom. The van der Waals surface area contributed by atoms with E-state index >= 15 is 0 Å². The zero-order chi connectivity index (χ0) is 31.4. The van der Waals surface area contributed by atoms with E-state index < -0.39 is 17.5 Å². The number of ketones is 1. The number of aliphatic hydroxyl groups is 1. The number of carboxylic acids is 1. The smallest absolute Gasteiger partial charge is 0.309 e. The Morgan fingerprint density at radius 3 is 2.23 bits per heavy atom. The molecule has 2 N–H and O–H groups in total. The van der Waals surface area contributed by atoms with Crippen LogP contribution in [0.4, 0.5) is 0 Å². The third-order valence-electron chi connectivity index (χ3n) is 14.6.